The minimum absolute atomic E-state index is 0.0187. The van der Waals surface area contributed by atoms with Crippen molar-refractivity contribution in [3.63, 3.8) is 0 Å². The fourth-order valence-electron chi connectivity index (χ4n) is 13.7. The Hall–Kier alpha value is -2.96. The Morgan fingerprint density at radius 1 is 0.950 bits per heavy atom. The summed E-state index contributed by atoms with van der Waals surface area (Å²) in [5.41, 5.74) is 0.452. The number of fused-ring (bicyclic) bond motifs is 2. The van der Waals surface area contributed by atoms with Gasteiger partial charge in [-0.25, -0.2) is 0 Å². The first-order valence-corrected chi connectivity index (χ1v) is 25.4. The standard InChI is InChI=1S/C50H66O9Si/c1-30(2)23-24-53-41-40-42(45(6,7)8)49(57-43(41)50(56-40,58-49)59-60(9)10)54-29-47-27-36-32(5)21-22-37(36)46(28-51)26-35(47)25-38(31(3)4)48(46,47)44(52)55-39(33-17-13-11-14-18-33)34-19-15-12-16-20-34/h11-20,23,25,28,31-32,35-37,39-43,60H,21-22,24,26-27,29H2,1-10H3. The summed E-state index contributed by atoms with van der Waals surface area (Å²) < 4.78 is 48.8. The maximum Gasteiger partial charge on any atom is 0.318 e. The van der Waals surface area contributed by atoms with Gasteiger partial charge >= 0.3 is 11.9 Å². The number of carbonyl (C=O) groups is 2. The van der Waals surface area contributed by atoms with Crippen LogP contribution in [-0.4, -0.2) is 64.8 Å². The Morgan fingerprint density at radius 2 is 1.62 bits per heavy atom. The van der Waals surface area contributed by atoms with E-state index in [1.54, 1.807) is 0 Å². The molecule has 0 aromatic heterocycles. The molecule has 2 aromatic carbocycles. The third-order valence-corrected chi connectivity index (χ3v) is 16.5. The molecule has 0 radical (unpaired) electrons. The van der Waals surface area contributed by atoms with E-state index in [4.69, 9.17) is 32.8 Å². The number of ether oxygens (including phenoxy) is 6. The number of hydrogen-bond donors (Lipinski definition) is 0. The zero-order valence-corrected chi connectivity index (χ0v) is 38.4. The molecule has 13 unspecified atom stereocenters. The quantitative estimate of drug-likeness (QED) is 0.0798. The van der Waals surface area contributed by atoms with Crippen LogP contribution in [0.1, 0.15) is 98.3 Å². The zero-order valence-electron chi connectivity index (χ0n) is 37.3. The molecule has 9 nitrogen and oxygen atoms in total. The summed E-state index contributed by atoms with van der Waals surface area (Å²) in [6, 6.07) is 19.9. The normalized spacial score (nSPS) is 40.7. The highest BCUT2D eigenvalue weighted by atomic mass is 28.3. The van der Waals surface area contributed by atoms with E-state index < -0.39 is 73.0 Å². The third kappa shape index (κ3) is 5.90. The molecular formula is C50H66O9Si. The molecule has 0 amide bonds. The van der Waals surface area contributed by atoms with Crippen LogP contribution in [-0.2, 0) is 42.4 Å². The molecule has 0 spiro atoms. The summed E-state index contributed by atoms with van der Waals surface area (Å²) in [5, 5.41) is 0. The van der Waals surface area contributed by atoms with Crippen molar-refractivity contribution in [3.8, 4) is 0 Å². The Morgan fingerprint density at radius 3 is 2.20 bits per heavy atom. The fourth-order valence-corrected chi connectivity index (χ4v) is 14.6. The lowest BCUT2D eigenvalue weighted by Gasteiger charge is -2.59. The van der Waals surface area contributed by atoms with Crippen LogP contribution in [0.3, 0.4) is 0 Å². The molecule has 8 aliphatic rings. The van der Waals surface area contributed by atoms with E-state index in [0.29, 0.717) is 18.9 Å². The maximum absolute atomic E-state index is 16.2. The highest BCUT2D eigenvalue weighted by molar-refractivity contribution is 6.48. The average Bonchev–Trinajstić information content (AvgIpc) is 3.89. The van der Waals surface area contributed by atoms with Gasteiger partial charge in [0.1, 0.15) is 23.9 Å². The number of rotatable bonds is 14. The summed E-state index contributed by atoms with van der Waals surface area (Å²) in [7, 11) is -1.75. The van der Waals surface area contributed by atoms with Crippen LogP contribution in [0, 0.1) is 57.2 Å². The molecule has 4 saturated heterocycles. The summed E-state index contributed by atoms with van der Waals surface area (Å²) >= 11 is 0. The largest absolute Gasteiger partial charge is 0.452 e. The Kier molecular flexibility index (Phi) is 10.5. The van der Waals surface area contributed by atoms with Gasteiger partial charge in [0, 0.05) is 5.41 Å². The van der Waals surface area contributed by atoms with Gasteiger partial charge in [-0.3, -0.25) is 9.53 Å². The first-order chi connectivity index (χ1) is 28.5. The lowest BCUT2D eigenvalue weighted by molar-refractivity contribution is -0.491. The van der Waals surface area contributed by atoms with Gasteiger partial charge in [-0.1, -0.05) is 132 Å². The van der Waals surface area contributed by atoms with Gasteiger partial charge < -0.3 is 32.9 Å². The van der Waals surface area contributed by atoms with Gasteiger partial charge in [-0.2, -0.15) is 0 Å². The van der Waals surface area contributed by atoms with Gasteiger partial charge in [0.05, 0.1) is 24.5 Å². The lowest BCUT2D eigenvalue weighted by atomic mass is 9.43. The van der Waals surface area contributed by atoms with Crippen molar-refractivity contribution < 1.29 is 42.4 Å². The van der Waals surface area contributed by atoms with Crippen molar-refractivity contribution in [1.82, 2.24) is 0 Å². The smallest absolute Gasteiger partial charge is 0.318 e. The lowest BCUT2D eigenvalue weighted by Crippen LogP contribution is -2.66. The highest BCUT2D eigenvalue weighted by Gasteiger charge is 2.86. The third-order valence-electron chi connectivity index (χ3n) is 15.7. The second-order valence-electron chi connectivity index (χ2n) is 21.1. The fraction of sp³-hybridized carbons (Fsp3) is 0.640. The van der Waals surface area contributed by atoms with E-state index in [2.05, 4.69) is 80.6 Å². The number of allylic oxidation sites excluding steroid dienone is 2. The summed E-state index contributed by atoms with van der Waals surface area (Å²) in [5.74, 6) is -3.20. The predicted octanol–water partition coefficient (Wildman–Crippen LogP) is 9.32. The number of hydrogen-bond acceptors (Lipinski definition) is 9. The van der Waals surface area contributed by atoms with Crippen LogP contribution >= 0.6 is 0 Å². The molecule has 3 saturated carbocycles. The number of benzene rings is 2. The number of aldehydes is 1. The molecule has 4 heterocycles. The van der Waals surface area contributed by atoms with Crippen LogP contribution in [0.15, 0.2) is 84.0 Å². The van der Waals surface area contributed by atoms with Crippen LogP contribution in [0.5, 0.6) is 0 Å². The van der Waals surface area contributed by atoms with Crippen LogP contribution in [0.25, 0.3) is 0 Å². The average molecular weight is 839 g/mol. The SMILES string of the molecule is CC(C)=CCOC1C2OC3(O[SiH](C)C)OC(OCC45CC6C(C)CCC6C6(C=O)CC4C=C(C(C)C)C65C(=O)OC(c4ccccc4)c4ccccc4)(OC13)C2C(C)(C)C. The topological polar surface area (TPSA) is 98.8 Å². The van der Waals surface area contributed by atoms with Gasteiger partial charge in [0.15, 0.2) is 21.2 Å². The Labute approximate surface area is 358 Å². The summed E-state index contributed by atoms with van der Waals surface area (Å²) in [6.07, 6.45) is 6.60. The summed E-state index contributed by atoms with van der Waals surface area (Å²) in [4.78, 5) is 30.6. The maximum atomic E-state index is 16.2. The molecule has 4 aliphatic carbocycles. The van der Waals surface area contributed by atoms with Gasteiger partial charge in [-0.05, 0) is 92.3 Å². The molecule has 2 aromatic rings. The molecule has 8 bridgehead atoms. The van der Waals surface area contributed by atoms with Crippen LogP contribution in [0.4, 0.5) is 0 Å². The van der Waals surface area contributed by atoms with Crippen LogP contribution < -0.4 is 0 Å². The molecule has 13 atom stereocenters. The highest BCUT2D eigenvalue weighted by Crippen LogP contribution is 2.83. The van der Waals surface area contributed by atoms with Gasteiger partial charge in [0.2, 0.25) is 0 Å². The van der Waals surface area contributed by atoms with Crippen molar-refractivity contribution in [2.45, 2.75) is 131 Å². The van der Waals surface area contributed by atoms with Gasteiger partial charge in [-0.15, -0.1) is 0 Å². The number of carbonyl (C=O) groups excluding carboxylic acids is 2. The first-order valence-electron chi connectivity index (χ1n) is 22.6. The van der Waals surface area contributed by atoms with Crippen molar-refractivity contribution >= 4 is 21.3 Å². The zero-order chi connectivity index (χ0) is 42.6. The van der Waals surface area contributed by atoms with E-state index in [9.17, 15) is 4.79 Å². The van der Waals surface area contributed by atoms with Crippen LogP contribution in [0.2, 0.25) is 13.1 Å². The number of esters is 1. The van der Waals surface area contributed by atoms with E-state index >= 15 is 4.79 Å². The van der Waals surface area contributed by atoms with Crippen molar-refractivity contribution in [2.75, 3.05) is 13.2 Å². The molecule has 10 rings (SSSR count). The second kappa shape index (κ2) is 14.8. The molecule has 7 fully saturated rings. The van der Waals surface area contributed by atoms with Crippen molar-refractivity contribution in [3.05, 3.63) is 95.1 Å². The van der Waals surface area contributed by atoms with Crippen molar-refractivity contribution in [1.29, 1.82) is 0 Å². The van der Waals surface area contributed by atoms with Gasteiger partial charge in [0.25, 0.3) is 5.97 Å². The van der Waals surface area contributed by atoms with E-state index in [-0.39, 0.29) is 36.2 Å². The summed E-state index contributed by atoms with van der Waals surface area (Å²) in [6.45, 7) is 22.0. The molecule has 4 aliphatic heterocycles. The second-order valence-corrected chi connectivity index (χ2v) is 23.4. The predicted molar refractivity (Wildman–Crippen MR) is 230 cm³/mol. The molecule has 324 valence electrons. The molecular weight excluding hydrogens is 773 g/mol. The first kappa shape index (κ1) is 42.3. The Balaban J connectivity index is 1.17. The minimum Gasteiger partial charge on any atom is -0.452 e. The molecule has 0 N–H and O–H groups in total. The van der Waals surface area contributed by atoms with E-state index in [1.807, 2.05) is 60.7 Å². The molecule has 60 heavy (non-hydrogen) atoms. The minimum atomic E-state index is -1.75. The molecule has 10 heteroatoms. The Bertz CT molecular complexity index is 1990. The monoisotopic (exact) mass is 838 g/mol. The van der Waals surface area contributed by atoms with E-state index in [0.717, 1.165) is 41.5 Å². The van der Waals surface area contributed by atoms with E-state index in [1.165, 1.54) is 6.29 Å². The van der Waals surface area contributed by atoms with Crippen molar-refractivity contribution in [2.24, 2.45) is 57.2 Å².